The smallest absolute Gasteiger partial charge is 0.360 e. The predicted octanol–water partition coefficient (Wildman–Crippen LogP) is 0.127. The van der Waals surface area contributed by atoms with Crippen molar-refractivity contribution in [1.82, 2.24) is 24.3 Å². The number of rotatable bonds is 4. The van der Waals surface area contributed by atoms with Crippen LogP contribution in [-0.2, 0) is 18.3 Å². The number of hydrogen-bond acceptors (Lipinski definition) is 6. The number of carbonyl (C=O) groups excluding carboxylic acids is 1. The van der Waals surface area contributed by atoms with Crippen LogP contribution in [0.3, 0.4) is 0 Å². The number of hydrogen-bond donors (Lipinski definition) is 1. The molecular formula is C11H16N6O2. The number of imidazole rings is 1. The van der Waals surface area contributed by atoms with E-state index in [0.29, 0.717) is 12.4 Å². The van der Waals surface area contributed by atoms with Gasteiger partial charge in [0.2, 0.25) is 0 Å². The van der Waals surface area contributed by atoms with Gasteiger partial charge in [0.1, 0.15) is 18.0 Å². The first kappa shape index (κ1) is 13.1. The molecule has 0 saturated carbocycles. The van der Waals surface area contributed by atoms with E-state index in [9.17, 15) is 4.79 Å². The third-order valence-electron chi connectivity index (χ3n) is 2.77. The summed E-state index contributed by atoms with van der Waals surface area (Å²) in [5.41, 5.74) is 6.08. The lowest BCUT2D eigenvalue weighted by atomic mass is 10.4. The Kier molecular flexibility index (Phi) is 3.50. The highest BCUT2D eigenvalue weighted by Gasteiger charge is 2.20. The van der Waals surface area contributed by atoms with E-state index in [2.05, 4.69) is 15.2 Å². The maximum Gasteiger partial charge on any atom is 0.360 e. The average Bonchev–Trinajstić information content (AvgIpc) is 2.88. The Labute approximate surface area is 110 Å². The maximum absolute atomic E-state index is 11.7. The van der Waals surface area contributed by atoms with Crippen molar-refractivity contribution in [1.29, 1.82) is 0 Å². The van der Waals surface area contributed by atoms with Gasteiger partial charge in [-0.15, -0.1) is 10.2 Å². The predicted molar refractivity (Wildman–Crippen MR) is 67.4 cm³/mol. The highest BCUT2D eigenvalue weighted by Crippen LogP contribution is 2.16. The van der Waals surface area contributed by atoms with Crippen LogP contribution in [0, 0.1) is 6.92 Å². The van der Waals surface area contributed by atoms with Crippen molar-refractivity contribution in [3.63, 3.8) is 0 Å². The molecule has 2 N–H and O–H groups in total. The lowest BCUT2D eigenvalue weighted by Crippen LogP contribution is -2.12. The lowest BCUT2D eigenvalue weighted by Gasteiger charge is -2.06. The zero-order valence-corrected chi connectivity index (χ0v) is 11.1. The Hall–Kier alpha value is -2.38. The van der Waals surface area contributed by atoms with Gasteiger partial charge in [-0.3, -0.25) is 0 Å². The Morgan fingerprint density at radius 3 is 2.84 bits per heavy atom. The van der Waals surface area contributed by atoms with E-state index < -0.39 is 5.97 Å². The fourth-order valence-corrected chi connectivity index (χ4v) is 1.72. The molecule has 19 heavy (non-hydrogen) atoms. The van der Waals surface area contributed by atoms with E-state index in [1.807, 2.05) is 7.05 Å². The Morgan fingerprint density at radius 1 is 1.53 bits per heavy atom. The first-order chi connectivity index (χ1) is 9.04. The van der Waals surface area contributed by atoms with E-state index in [4.69, 9.17) is 10.5 Å². The third-order valence-corrected chi connectivity index (χ3v) is 2.77. The minimum absolute atomic E-state index is 0.140. The molecule has 2 aromatic heterocycles. The summed E-state index contributed by atoms with van der Waals surface area (Å²) in [5, 5.41) is 7.77. The van der Waals surface area contributed by atoms with Gasteiger partial charge in [0.05, 0.1) is 13.2 Å². The van der Waals surface area contributed by atoms with Crippen molar-refractivity contribution in [2.24, 2.45) is 7.05 Å². The van der Waals surface area contributed by atoms with Crippen LogP contribution in [0.1, 0.15) is 29.1 Å². The molecule has 0 amide bonds. The van der Waals surface area contributed by atoms with E-state index >= 15 is 0 Å². The van der Waals surface area contributed by atoms with Crippen molar-refractivity contribution in [2.45, 2.75) is 20.4 Å². The summed E-state index contributed by atoms with van der Waals surface area (Å²) in [6, 6.07) is 0. The van der Waals surface area contributed by atoms with Crippen molar-refractivity contribution < 1.29 is 9.53 Å². The Bertz CT molecular complexity index is 600. The summed E-state index contributed by atoms with van der Waals surface area (Å²) >= 11 is 0. The number of carbonyl (C=O) groups is 1. The van der Waals surface area contributed by atoms with Gasteiger partial charge in [-0.2, -0.15) is 0 Å². The van der Waals surface area contributed by atoms with E-state index in [0.717, 1.165) is 5.82 Å². The van der Waals surface area contributed by atoms with E-state index in [1.165, 1.54) is 0 Å². The van der Waals surface area contributed by atoms with Crippen LogP contribution in [0.2, 0.25) is 0 Å². The molecular weight excluding hydrogens is 248 g/mol. The van der Waals surface area contributed by atoms with Gasteiger partial charge in [0.15, 0.2) is 11.5 Å². The molecule has 0 aliphatic rings. The van der Waals surface area contributed by atoms with E-state index in [1.54, 1.807) is 29.3 Å². The quantitative estimate of drug-likeness (QED) is 0.787. The molecule has 0 spiro atoms. The number of aryl methyl sites for hydroxylation is 2. The molecule has 0 radical (unpaired) electrons. The zero-order chi connectivity index (χ0) is 14.0. The Morgan fingerprint density at radius 2 is 2.26 bits per heavy atom. The first-order valence-electron chi connectivity index (χ1n) is 5.87. The second-order valence-corrected chi connectivity index (χ2v) is 4.06. The molecule has 2 rings (SSSR count). The molecule has 0 bridgehead atoms. The normalized spacial score (nSPS) is 10.7. The molecule has 2 heterocycles. The van der Waals surface area contributed by atoms with Crippen molar-refractivity contribution >= 4 is 11.8 Å². The van der Waals surface area contributed by atoms with Crippen LogP contribution in [0.15, 0.2) is 6.33 Å². The van der Waals surface area contributed by atoms with Crippen LogP contribution in [0.25, 0.3) is 0 Å². The monoisotopic (exact) mass is 264 g/mol. The second-order valence-electron chi connectivity index (χ2n) is 4.06. The molecule has 0 fully saturated rings. The van der Waals surface area contributed by atoms with Crippen molar-refractivity contribution in [3.05, 3.63) is 23.7 Å². The molecule has 0 atom stereocenters. The van der Waals surface area contributed by atoms with Crippen LogP contribution < -0.4 is 5.73 Å². The number of ether oxygens (including phenoxy) is 1. The molecule has 8 nitrogen and oxygen atoms in total. The number of nitrogen functional groups attached to an aromatic ring is 1. The SMILES string of the molecule is CCOC(=O)c1nc(C)n(Cc2nncn2C)c1N. The van der Waals surface area contributed by atoms with Crippen LogP contribution >= 0.6 is 0 Å². The van der Waals surface area contributed by atoms with Gasteiger partial charge in [0.25, 0.3) is 0 Å². The van der Waals surface area contributed by atoms with Crippen molar-refractivity contribution in [3.8, 4) is 0 Å². The molecule has 0 aliphatic heterocycles. The second kappa shape index (κ2) is 5.09. The van der Waals surface area contributed by atoms with Gasteiger partial charge in [0, 0.05) is 7.05 Å². The minimum atomic E-state index is -0.514. The maximum atomic E-state index is 11.7. The van der Waals surface area contributed by atoms with Gasteiger partial charge in [-0.1, -0.05) is 0 Å². The molecule has 8 heteroatoms. The number of esters is 1. The molecule has 2 aromatic rings. The fourth-order valence-electron chi connectivity index (χ4n) is 1.72. The topological polar surface area (TPSA) is 101 Å². The highest BCUT2D eigenvalue weighted by atomic mass is 16.5. The van der Waals surface area contributed by atoms with Gasteiger partial charge in [-0.05, 0) is 13.8 Å². The van der Waals surface area contributed by atoms with Crippen LogP contribution in [0.5, 0.6) is 0 Å². The minimum Gasteiger partial charge on any atom is -0.461 e. The van der Waals surface area contributed by atoms with Crippen LogP contribution in [-0.4, -0.2) is 36.9 Å². The zero-order valence-electron chi connectivity index (χ0n) is 11.1. The number of nitrogens with zero attached hydrogens (tertiary/aromatic N) is 5. The van der Waals surface area contributed by atoms with Gasteiger partial charge in [-0.25, -0.2) is 9.78 Å². The summed E-state index contributed by atoms with van der Waals surface area (Å²) in [6.07, 6.45) is 1.60. The largest absolute Gasteiger partial charge is 0.461 e. The highest BCUT2D eigenvalue weighted by molar-refractivity contribution is 5.92. The molecule has 0 aliphatic carbocycles. The summed E-state index contributed by atoms with van der Waals surface area (Å²) in [5.74, 6) is 1.12. The third kappa shape index (κ3) is 2.42. The lowest BCUT2D eigenvalue weighted by molar-refractivity contribution is 0.0521. The average molecular weight is 264 g/mol. The standard InChI is InChI=1S/C11H16N6O2/c1-4-19-11(18)9-10(12)17(7(2)14-9)5-8-15-13-6-16(8)3/h6H,4-5,12H2,1-3H3. The summed E-state index contributed by atoms with van der Waals surface area (Å²) in [4.78, 5) is 15.8. The molecule has 0 unspecified atom stereocenters. The Balaban J connectivity index is 2.32. The molecule has 0 aromatic carbocycles. The summed E-state index contributed by atoms with van der Waals surface area (Å²) in [6.45, 7) is 4.20. The number of nitrogens with two attached hydrogens (primary N) is 1. The first-order valence-corrected chi connectivity index (χ1v) is 5.87. The van der Waals surface area contributed by atoms with Crippen molar-refractivity contribution in [2.75, 3.05) is 12.3 Å². The molecule has 0 saturated heterocycles. The van der Waals surface area contributed by atoms with E-state index in [-0.39, 0.29) is 18.1 Å². The fraction of sp³-hybridized carbons (Fsp3) is 0.455. The van der Waals surface area contributed by atoms with Gasteiger partial charge < -0.3 is 19.6 Å². The van der Waals surface area contributed by atoms with Gasteiger partial charge >= 0.3 is 5.97 Å². The summed E-state index contributed by atoms with van der Waals surface area (Å²) < 4.78 is 8.39. The van der Waals surface area contributed by atoms with Crippen LogP contribution in [0.4, 0.5) is 5.82 Å². The summed E-state index contributed by atoms with van der Waals surface area (Å²) in [7, 11) is 1.84. The number of anilines is 1. The number of aromatic nitrogens is 5. The molecule has 102 valence electrons.